The zero-order chi connectivity index (χ0) is 18.1. The summed E-state index contributed by atoms with van der Waals surface area (Å²) in [7, 11) is 0. The highest BCUT2D eigenvalue weighted by Gasteiger charge is 2.51. The molecule has 0 radical (unpaired) electrons. The molecule has 0 spiro atoms. The van der Waals surface area contributed by atoms with Gasteiger partial charge in [-0.2, -0.15) is 0 Å². The number of allylic oxidation sites excluding steroid dienone is 2. The van der Waals surface area contributed by atoms with Gasteiger partial charge < -0.3 is 10.4 Å². The number of nitrogens with one attached hydrogen (secondary N) is 1. The third-order valence-corrected chi connectivity index (χ3v) is 6.12. The summed E-state index contributed by atoms with van der Waals surface area (Å²) in [6.07, 6.45) is 8.63. The predicted octanol–water partition coefficient (Wildman–Crippen LogP) is 3.13. The number of piperidine rings is 1. The van der Waals surface area contributed by atoms with Crippen LogP contribution in [0.15, 0.2) is 36.4 Å². The molecule has 0 aromatic heterocycles. The Morgan fingerprint density at radius 3 is 2.31 bits per heavy atom. The quantitative estimate of drug-likeness (QED) is 0.797. The monoisotopic (exact) mass is 354 g/mol. The van der Waals surface area contributed by atoms with Gasteiger partial charge in [-0.15, -0.1) is 0 Å². The number of fused-ring (bicyclic) bond motifs is 2. The molecule has 4 atom stereocenters. The number of carbonyl (C=O) groups excluding carboxylic acids is 1. The first-order chi connectivity index (χ1) is 12.6. The second kappa shape index (κ2) is 7.23. The Labute approximate surface area is 154 Å². The van der Waals surface area contributed by atoms with E-state index < -0.39 is 17.8 Å². The highest BCUT2D eigenvalue weighted by molar-refractivity contribution is 5.96. The largest absolute Gasteiger partial charge is 0.481 e. The van der Waals surface area contributed by atoms with Crippen molar-refractivity contribution in [3.05, 3.63) is 42.0 Å². The maximum Gasteiger partial charge on any atom is 0.307 e. The molecule has 2 bridgehead atoms. The van der Waals surface area contributed by atoms with Crippen LogP contribution >= 0.6 is 0 Å². The summed E-state index contributed by atoms with van der Waals surface area (Å²) in [6, 6.07) is 7.96. The molecule has 3 aliphatic rings. The van der Waals surface area contributed by atoms with Crippen LogP contribution in [0.5, 0.6) is 0 Å². The molecule has 2 aliphatic carbocycles. The molecule has 1 saturated heterocycles. The zero-order valence-electron chi connectivity index (χ0n) is 14.9. The lowest BCUT2D eigenvalue weighted by Gasteiger charge is -2.26. The van der Waals surface area contributed by atoms with Gasteiger partial charge in [0.1, 0.15) is 0 Å². The van der Waals surface area contributed by atoms with Gasteiger partial charge in [0, 0.05) is 12.2 Å². The number of anilines is 1. The SMILES string of the molecule is O=C(O)[C@@H]1[C@@H](C(=O)Nc2ccc(CN3CCCCC3)cc2)[C@H]2C=C[C@H]1C2. The van der Waals surface area contributed by atoms with Gasteiger partial charge in [-0.05, 0) is 61.9 Å². The van der Waals surface area contributed by atoms with Crippen LogP contribution in [-0.4, -0.2) is 35.0 Å². The number of aliphatic carboxylic acids is 1. The Kier molecular flexibility index (Phi) is 4.81. The first-order valence-corrected chi connectivity index (χ1v) is 9.65. The second-order valence-corrected chi connectivity index (χ2v) is 7.86. The highest BCUT2D eigenvalue weighted by Crippen LogP contribution is 2.48. The summed E-state index contributed by atoms with van der Waals surface area (Å²) in [5, 5.41) is 12.4. The maximum absolute atomic E-state index is 12.7. The predicted molar refractivity (Wildman–Crippen MR) is 99.6 cm³/mol. The Bertz CT molecular complexity index is 706. The van der Waals surface area contributed by atoms with Crippen LogP contribution in [-0.2, 0) is 16.1 Å². The number of hydrogen-bond acceptors (Lipinski definition) is 3. The average molecular weight is 354 g/mol. The summed E-state index contributed by atoms with van der Waals surface area (Å²) in [5.41, 5.74) is 1.99. The van der Waals surface area contributed by atoms with Crippen molar-refractivity contribution in [2.24, 2.45) is 23.7 Å². The highest BCUT2D eigenvalue weighted by atomic mass is 16.4. The van der Waals surface area contributed by atoms with Crippen LogP contribution in [0, 0.1) is 23.7 Å². The molecule has 1 amide bonds. The van der Waals surface area contributed by atoms with Crippen molar-refractivity contribution in [2.75, 3.05) is 18.4 Å². The molecule has 2 N–H and O–H groups in total. The van der Waals surface area contributed by atoms with Crippen molar-refractivity contribution >= 4 is 17.6 Å². The molecule has 1 aromatic carbocycles. The van der Waals surface area contributed by atoms with E-state index in [0.717, 1.165) is 31.7 Å². The van der Waals surface area contributed by atoms with E-state index in [4.69, 9.17) is 0 Å². The molecule has 1 saturated carbocycles. The molecule has 1 heterocycles. The molecule has 5 heteroatoms. The lowest BCUT2D eigenvalue weighted by molar-refractivity contribution is -0.146. The molecular weight excluding hydrogens is 328 g/mol. The Morgan fingerprint density at radius 1 is 1.00 bits per heavy atom. The number of benzene rings is 1. The minimum atomic E-state index is -0.862. The van der Waals surface area contributed by atoms with Gasteiger partial charge in [0.2, 0.25) is 5.91 Å². The molecule has 2 fully saturated rings. The van der Waals surface area contributed by atoms with E-state index in [1.54, 1.807) is 0 Å². The molecule has 5 nitrogen and oxygen atoms in total. The van der Waals surface area contributed by atoms with E-state index >= 15 is 0 Å². The smallest absolute Gasteiger partial charge is 0.307 e. The van der Waals surface area contributed by atoms with Crippen LogP contribution in [0.2, 0.25) is 0 Å². The topological polar surface area (TPSA) is 69.6 Å². The fourth-order valence-corrected chi connectivity index (χ4v) is 4.81. The molecule has 0 unspecified atom stereocenters. The van der Waals surface area contributed by atoms with E-state index in [9.17, 15) is 14.7 Å². The van der Waals surface area contributed by atoms with Crippen LogP contribution in [0.1, 0.15) is 31.2 Å². The van der Waals surface area contributed by atoms with Gasteiger partial charge in [-0.3, -0.25) is 14.5 Å². The summed E-state index contributed by atoms with van der Waals surface area (Å²) in [4.78, 5) is 26.7. The molecule has 26 heavy (non-hydrogen) atoms. The van der Waals surface area contributed by atoms with Crippen molar-refractivity contribution in [3.8, 4) is 0 Å². The van der Waals surface area contributed by atoms with Crippen molar-refractivity contribution < 1.29 is 14.7 Å². The number of nitrogens with zero attached hydrogens (tertiary/aromatic N) is 1. The van der Waals surface area contributed by atoms with Crippen LogP contribution in [0.4, 0.5) is 5.69 Å². The van der Waals surface area contributed by atoms with E-state index in [2.05, 4.69) is 22.3 Å². The lowest BCUT2D eigenvalue weighted by atomic mass is 9.82. The number of amides is 1. The van der Waals surface area contributed by atoms with E-state index in [0.29, 0.717) is 0 Å². The number of carboxylic acids is 1. The van der Waals surface area contributed by atoms with E-state index in [1.807, 2.05) is 24.3 Å². The van der Waals surface area contributed by atoms with Crippen LogP contribution in [0.3, 0.4) is 0 Å². The standard InChI is InChI=1S/C21H26N2O3/c24-20(18-15-6-7-16(12-15)19(18)21(25)26)22-17-8-4-14(5-9-17)13-23-10-2-1-3-11-23/h4-9,15-16,18-19H,1-3,10-13H2,(H,22,24)(H,25,26)/t15-,16-,18-,19-/m0/s1. The van der Waals surface area contributed by atoms with Crippen molar-refractivity contribution in [3.63, 3.8) is 0 Å². The Hall–Kier alpha value is -2.14. The van der Waals surface area contributed by atoms with Gasteiger partial charge in [-0.1, -0.05) is 30.7 Å². The van der Waals surface area contributed by atoms with Gasteiger partial charge in [0.25, 0.3) is 0 Å². The fourth-order valence-electron chi connectivity index (χ4n) is 4.81. The number of hydrogen-bond donors (Lipinski definition) is 2. The molecule has 138 valence electrons. The fraction of sp³-hybridized carbons (Fsp3) is 0.524. The summed E-state index contributed by atoms with van der Waals surface area (Å²) in [5.74, 6) is -2.03. The number of likely N-dealkylation sites (tertiary alicyclic amines) is 1. The van der Waals surface area contributed by atoms with Gasteiger partial charge in [0.15, 0.2) is 0 Å². The molecule has 1 aliphatic heterocycles. The van der Waals surface area contributed by atoms with Gasteiger partial charge >= 0.3 is 5.97 Å². The van der Waals surface area contributed by atoms with Gasteiger partial charge in [-0.25, -0.2) is 0 Å². The summed E-state index contributed by atoms with van der Waals surface area (Å²) in [6.45, 7) is 3.27. The summed E-state index contributed by atoms with van der Waals surface area (Å²) < 4.78 is 0. The number of carbonyl (C=O) groups is 2. The van der Waals surface area contributed by atoms with E-state index in [-0.39, 0.29) is 17.7 Å². The molecule has 4 rings (SSSR count). The lowest BCUT2D eigenvalue weighted by Crippen LogP contribution is -2.36. The minimum Gasteiger partial charge on any atom is -0.481 e. The molecule has 1 aromatic rings. The second-order valence-electron chi connectivity index (χ2n) is 7.86. The minimum absolute atomic E-state index is 0.000156. The van der Waals surface area contributed by atoms with Gasteiger partial charge in [0.05, 0.1) is 11.8 Å². The van der Waals surface area contributed by atoms with Crippen molar-refractivity contribution in [1.29, 1.82) is 0 Å². The average Bonchev–Trinajstić information content (AvgIpc) is 3.25. The van der Waals surface area contributed by atoms with Crippen molar-refractivity contribution in [1.82, 2.24) is 4.90 Å². The third kappa shape index (κ3) is 3.40. The Balaban J connectivity index is 1.38. The van der Waals surface area contributed by atoms with E-state index in [1.165, 1.54) is 24.8 Å². The van der Waals surface area contributed by atoms with Crippen LogP contribution in [0.25, 0.3) is 0 Å². The number of rotatable bonds is 5. The normalized spacial score (nSPS) is 30.5. The maximum atomic E-state index is 12.7. The zero-order valence-corrected chi connectivity index (χ0v) is 14.9. The number of carboxylic acid groups (broad SMARTS) is 1. The van der Waals surface area contributed by atoms with Crippen molar-refractivity contribution in [2.45, 2.75) is 32.2 Å². The first kappa shape index (κ1) is 17.3. The first-order valence-electron chi connectivity index (χ1n) is 9.65. The molecular formula is C21H26N2O3. The summed E-state index contributed by atoms with van der Waals surface area (Å²) >= 11 is 0. The third-order valence-electron chi connectivity index (χ3n) is 6.12. The van der Waals surface area contributed by atoms with Crippen LogP contribution < -0.4 is 5.32 Å². The Morgan fingerprint density at radius 2 is 1.65 bits per heavy atom.